The molecule has 4 nitrogen and oxygen atoms in total. The molecular formula is C19H21NO3. The predicted octanol–water partition coefficient (Wildman–Crippen LogP) is 2.84. The van der Waals surface area contributed by atoms with Gasteiger partial charge in [-0.25, -0.2) is 4.79 Å². The van der Waals surface area contributed by atoms with Gasteiger partial charge in [-0.1, -0.05) is 55.3 Å². The summed E-state index contributed by atoms with van der Waals surface area (Å²) in [4.78, 5) is 24.1. The molecule has 0 bridgehead atoms. The summed E-state index contributed by atoms with van der Waals surface area (Å²) in [5.41, 5.74) is 0.941. The molecule has 1 aliphatic carbocycles. The van der Waals surface area contributed by atoms with E-state index in [1.54, 1.807) is 0 Å². The molecule has 4 heteroatoms. The van der Waals surface area contributed by atoms with Gasteiger partial charge in [0.2, 0.25) is 5.91 Å². The topological polar surface area (TPSA) is 55.4 Å². The van der Waals surface area contributed by atoms with Crippen molar-refractivity contribution >= 4 is 22.6 Å². The van der Waals surface area contributed by atoms with Crippen molar-refractivity contribution in [1.29, 1.82) is 0 Å². The third-order valence-electron chi connectivity index (χ3n) is 4.27. The Morgan fingerprint density at radius 3 is 2.61 bits per heavy atom. The first-order valence-corrected chi connectivity index (χ1v) is 8.00. The van der Waals surface area contributed by atoms with Gasteiger partial charge in [0.1, 0.15) is 6.04 Å². The lowest BCUT2D eigenvalue weighted by Crippen LogP contribution is -2.42. The number of rotatable bonds is 6. The van der Waals surface area contributed by atoms with Gasteiger partial charge in [-0.3, -0.25) is 4.79 Å². The van der Waals surface area contributed by atoms with Crippen LogP contribution in [0.25, 0.3) is 10.8 Å². The van der Waals surface area contributed by atoms with Gasteiger partial charge in [0.05, 0.1) is 13.5 Å². The first-order chi connectivity index (χ1) is 11.2. The molecule has 0 spiro atoms. The fourth-order valence-corrected chi connectivity index (χ4v) is 2.82. The summed E-state index contributed by atoms with van der Waals surface area (Å²) < 4.78 is 4.80. The molecule has 0 saturated heterocycles. The van der Waals surface area contributed by atoms with Crippen LogP contribution in [-0.4, -0.2) is 25.0 Å². The summed E-state index contributed by atoms with van der Waals surface area (Å²) >= 11 is 0. The zero-order chi connectivity index (χ0) is 16.2. The molecule has 23 heavy (non-hydrogen) atoms. The van der Waals surface area contributed by atoms with Gasteiger partial charge in [-0.05, 0) is 28.7 Å². The molecule has 0 radical (unpaired) electrons. The number of methoxy groups -OCH3 is 1. The number of hydrogen-bond donors (Lipinski definition) is 1. The van der Waals surface area contributed by atoms with Crippen LogP contribution < -0.4 is 5.32 Å². The second kappa shape index (κ2) is 6.82. The second-order valence-electron chi connectivity index (χ2n) is 6.18. The van der Waals surface area contributed by atoms with E-state index in [9.17, 15) is 9.59 Å². The van der Waals surface area contributed by atoms with E-state index in [-0.39, 0.29) is 18.3 Å². The lowest BCUT2D eigenvalue weighted by atomic mass is 10.0. The van der Waals surface area contributed by atoms with Crippen molar-refractivity contribution in [1.82, 2.24) is 5.32 Å². The summed E-state index contributed by atoms with van der Waals surface area (Å²) in [5.74, 6) is 0.0418. The molecule has 3 rings (SSSR count). The maximum Gasteiger partial charge on any atom is 0.328 e. The molecule has 0 aromatic heterocycles. The van der Waals surface area contributed by atoms with E-state index in [0.717, 1.165) is 29.2 Å². The van der Waals surface area contributed by atoms with Crippen molar-refractivity contribution in [2.24, 2.45) is 5.92 Å². The van der Waals surface area contributed by atoms with Gasteiger partial charge in [-0.2, -0.15) is 0 Å². The van der Waals surface area contributed by atoms with Crippen molar-refractivity contribution in [3.8, 4) is 0 Å². The molecule has 1 saturated carbocycles. The van der Waals surface area contributed by atoms with Crippen LogP contribution in [0, 0.1) is 5.92 Å². The Hall–Kier alpha value is -2.36. The zero-order valence-electron chi connectivity index (χ0n) is 13.2. The minimum absolute atomic E-state index is 0.142. The maximum absolute atomic E-state index is 12.3. The molecule has 1 N–H and O–H groups in total. The Kier molecular flexibility index (Phi) is 4.60. The van der Waals surface area contributed by atoms with Crippen LogP contribution in [0.15, 0.2) is 42.5 Å². The van der Waals surface area contributed by atoms with E-state index in [2.05, 4.69) is 5.32 Å². The van der Waals surface area contributed by atoms with Crippen molar-refractivity contribution in [3.05, 3.63) is 48.0 Å². The minimum atomic E-state index is -0.527. The highest BCUT2D eigenvalue weighted by Crippen LogP contribution is 2.33. The standard InChI is InChI=1S/C19H21NO3/c1-23-19(22)17(11-13-6-7-13)20-18(21)12-14-8-9-15-4-2-3-5-16(15)10-14/h2-5,8-10,13,17H,6-7,11-12H2,1H3,(H,20,21)/t17-/m0/s1. The van der Waals surface area contributed by atoms with Gasteiger partial charge < -0.3 is 10.1 Å². The van der Waals surface area contributed by atoms with E-state index in [0.29, 0.717) is 12.3 Å². The van der Waals surface area contributed by atoms with E-state index < -0.39 is 6.04 Å². The van der Waals surface area contributed by atoms with Gasteiger partial charge in [0.25, 0.3) is 0 Å². The normalized spacial score (nSPS) is 15.2. The van der Waals surface area contributed by atoms with Gasteiger partial charge in [0, 0.05) is 0 Å². The predicted molar refractivity (Wildman–Crippen MR) is 88.9 cm³/mol. The Labute approximate surface area is 135 Å². The van der Waals surface area contributed by atoms with Gasteiger partial charge in [-0.15, -0.1) is 0 Å². The fourth-order valence-electron chi connectivity index (χ4n) is 2.82. The highest BCUT2D eigenvalue weighted by atomic mass is 16.5. The quantitative estimate of drug-likeness (QED) is 0.835. The van der Waals surface area contributed by atoms with Crippen LogP contribution in [0.3, 0.4) is 0 Å². The van der Waals surface area contributed by atoms with E-state index >= 15 is 0 Å². The Bertz CT molecular complexity index is 721. The third-order valence-corrected chi connectivity index (χ3v) is 4.27. The molecule has 120 valence electrons. The highest BCUT2D eigenvalue weighted by molar-refractivity contribution is 5.87. The van der Waals surface area contributed by atoms with Gasteiger partial charge in [0.15, 0.2) is 0 Å². The number of hydrogen-bond acceptors (Lipinski definition) is 3. The summed E-state index contributed by atoms with van der Waals surface area (Å²) in [7, 11) is 1.36. The van der Waals surface area contributed by atoms with Crippen molar-refractivity contribution in [3.63, 3.8) is 0 Å². The average molecular weight is 311 g/mol. The van der Waals surface area contributed by atoms with E-state index in [1.807, 2.05) is 42.5 Å². The van der Waals surface area contributed by atoms with E-state index in [4.69, 9.17) is 4.74 Å². The Morgan fingerprint density at radius 2 is 1.91 bits per heavy atom. The number of carbonyl (C=O) groups is 2. The number of esters is 1. The number of fused-ring (bicyclic) bond motifs is 1. The smallest absolute Gasteiger partial charge is 0.328 e. The molecule has 0 unspecified atom stereocenters. The molecule has 2 aromatic carbocycles. The van der Waals surface area contributed by atoms with E-state index in [1.165, 1.54) is 7.11 Å². The SMILES string of the molecule is COC(=O)[C@H](CC1CC1)NC(=O)Cc1ccc2ccccc2c1. The Balaban J connectivity index is 1.65. The lowest BCUT2D eigenvalue weighted by Gasteiger charge is -2.16. The van der Waals surface area contributed by atoms with Crippen molar-refractivity contribution < 1.29 is 14.3 Å². The third kappa shape index (κ3) is 4.09. The molecule has 0 heterocycles. The summed E-state index contributed by atoms with van der Waals surface area (Å²) in [5, 5.41) is 5.08. The average Bonchev–Trinajstić information content (AvgIpc) is 3.37. The molecule has 1 atom stereocenters. The zero-order valence-corrected chi connectivity index (χ0v) is 13.2. The Morgan fingerprint density at radius 1 is 1.17 bits per heavy atom. The molecule has 1 fully saturated rings. The van der Waals surface area contributed by atoms with Crippen LogP contribution in [0.1, 0.15) is 24.8 Å². The largest absolute Gasteiger partial charge is 0.467 e. The van der Waals surface area contributed by atoms with Crippen molar-refractivity contribution in [2.45, 2.75) is 31.7 Å². The van der Waals surface area contributed by atoms with Crippen LogP contribution in [0.2, 0.25) is 0 Å². The molecule has 2 aromatic rings. The highest BCUT2D eigenvalue weighted by Gasteiger charge is 2.30. The van der Waals surface area contributed by atoms with Crippen LogP contribution in [0.4, 0.5) is 0 Å². The summed E-state index contributed by atoms with van der Waals surface area (Å²) in [6.07, 6.45) is 3.21. The molecular weight excluding hydrogens is 290 g/mol. The summed E-state index contributed by atoms with van der Waals surface area (Å²) in [6, 6.07) is 13.5. The fraction of sp³-hybridized carbons (Fsp3) is 0.368. The first-order valence-electron chi connectivity index (χ1n) is 8.00. The second-order valence-corrected chi connectivity index (χ2v) is 6.18. The minimum Gasteiger partial charge on any atom is -0.467 e. The summed E-state index contributed by atoms with van der Waals surface area (Å²) in [6.45, 7) is 0. The number of amides is 1. The monoisotopic (exact) mass is 311 g/mol. The van der Waals surface area contributed by atoms with Gasteiger partial charge >= 0.3 is 5.97 Å². The first kappa shape index (κ1) is 15.5. The lowest BCUT2D eigenvalue weighted by molar-refractivity contribution is -0.145. The van der Waals surface area contributed by atoms with Crippen molar-refractivity contribution in [2.75, 3.05) is 7.11 Å². The number of ether oxygens (including phenoxy) is 1. The number of benzene rings is 2. The van der Waals surface area contributed by atoms with Crippen LogP contribution in [-0.2, 0) is 20.7 Å². The molecule has 1 amide bonds. The van der Waals surface area contributed by atoms with Crippen LogP contribution >= 0.6 is 0 Å². The van der Waals surface area contributed by atoms with Crippen LogP contribution in [0.5, 0.6) is 0 Å². The number of carbonyl (C=O) groups excluding carboxylic acids is 2. The molecule has 1 aliphatic rings. The number of nitrogens with one attached hydrogen (secondary N) is 1. The molecule has 0 aliphatic heterocycles. The maximum atomic E-state index is 12.3.